The fraction of sp³-hybridized carbons (Fsp3) is 0.273. The summed E-state index contributed by atoms with van der Waals surface area (Å²) in [5.74, 6) is -0.902. The van der Waals surface area contributed by atoms with Crippen molar-refractivity contribution in [3.8, 4) is 0 Å². The number of aromatic nitrogens is 2. The van der Waals surface area contributed by atoms with Gasteiger partial charge in [-0.1, -0.05) is 24.6 Å². The van der Waals surface area contributed by atoms with Crippen molar-refractivity contribution in [2.24, 2.45) is 0 Å². The summed E-state index contributed by atoms with van der Waals surface area (Å²) in [4.78, 5) is 14.7. The number of rotatable bonds is 3. The number of carboxylic acids is 1. The molecule has 0 saturated carbocycles. The normalized spacial score (nSPS) is 12.9. The maximum atomic E-state index is 10.7. The minimum Gasteiger partial charge on any atom is -0.481 e. The smallest absolute Gasteiger partial charge is 0.303 e. The third kappa shape index (κ3) is 1.88. The highest BCUT2D eigenvalue weighted by molar-refractivity contribution is 6.32. The van der Waals surface area contributed by atoms with Crippen LogP contribution in [0.15, 0.2) is 24.7 Å². The number of pyridine rings is 1. The Balaban J connectivity index is 2.50. The molecule has 4 nitrogen and oxygen atoms in total. The number of hydrogen-bond acceptors (Lipinski definition) is 2. The maximum absolute atomic E-state index is 10.7. The van der Waals surface area contributed by atoms with E-state index in [1.807, 2.05) is 25.3 Å². The average Bonchev–Trinajstić information content (AvgIpc) is 2.59. The molecule has 1 N–H and O–H groups in total. The molecule has 0 aliphatic rings. The summed E-state index contributed by atoms with van der Waals surface area (Å²) in [5.41, 5.74) is 1.70. The summed E-state index contributed by atoms with van der Waals surface area (Å²) >= 11 is 5.98. The quantitative estimate of drug-likeness (QED) is 0.894. The van der Waals surface area contributed by atoms with Crippen LogP contribution in [0.5, 0.6) is 0 Å². The van der Waals surface area contributed by atoms with Crippen LogP contribution >= 0.6 is 11.6 Å². The molecule has 0 spiro atoms. The summed E-state index contributed by atoms with van der Waals surface area (Å²) in [6, 6.07) is 3.75. The van der Waals surface area contributed by atoms with Gasteiger partial charge in [0.25, 0.3) is 0 Å². The van der Waals surface area contributed by atoms with E-state index in [-0.39, 0.29) is 12.3 Å². The van der Waals surface area contributed by atoms with Crippen LogP contribution in [0.3, 0.4) is 0 Å². The number of hydrogen-bond donors (Lipinski definition) is 1. The van der Waals surface area contributed by atoms with Crippen molar-refractivity contribution in [2.75, 3.05) is 0 Å². The SMILES string of the molecule is CC(CC(=O)O)c1cccn2cnc(Cl)c12. The number of carboxylic acid groups (broad SMARTS) is 1. The van der Waals surface area contributed by atoms with E-state index in [0.29, 0.717) is 5.15 Å². The molecular formula is C11H11ClN2O2. The molecule has 1 atom stereocenters. The zero-order chi connectivity index (χ0) is 11.7. The standard InChI is InChI=1S/C11H11ClN2O2/c1-7(5-9(15)16)8-3-2-4-14-6-13-11(12)10(8)14/h2-4,6-7H,5H2,1H3,(H,15,16). The lowest BCUT2D eigenvalue weighted by atomic mass is 9.98. The first-order valence-corrected chi connectivity index (χ1v) is 5.30. The van der Waals surface area contributed by atoms with Gasteiger partial charge in [-0.05, 0) is 17.5 Å². The fourth-order valence-corrected chi connectivity index (χ4v) is 2.06. The summed E-state index contributed by atoms with van der Waals surface area (Å²) in [6.07, 6.45) is 3.54. The molecule has 0 aliphatic carbocycles. The molecule has 0 fully saturated rings. The molecule has 2 rings (SSSR count). The zero-order valence-electron chi connectivity index (χ0n) is 8.72. The topological polar surface area (TPSA) is 54.6 Å². The van der Waals surface area contributed by atoms with Crippen LogP contribution in [0.25, 0.3) is 5.52 Å². The van der Waals surface area contributed by atoms with Gasteiger partial charge in [-0.3, -0.25) is 4.79 Å². The van der Waals surface area contributed by atoms with Crippen molar-refractivity contribution >= 4 is 23.1 Å². The second-order valence-corrected chi connectivity index (χ2v) is 4.11. The van der Waals surface area contributed by atoms with Crippen LogP contribution in [0.2, 0.25) is 5.15 Å². The molecule has 2 aromatic rings. The number of fused-ring (bicyclic) bond motifs is 1. The van der Waals surface area contributed by atoms with E-state index < -0.39 is 5.97 Å². The van der Waals surface area contributed by atoms with E-state index in [4.69, 9.17) is 16.7 Å². The Morgan fingerprint density at radius 1 is 1.69 bits per heavy atom. The Kier molecular flexibility index (Phi) is 2.83. The summed E-state index contributed by atoms with van der Waals surface area (Å²) in [7, 11) is 0. The van der Waals surface area contributed by atoms with E-state index in [0.717, 1.165) is 11.1 Å². The van der Waals surface area contributed by atoms with Gasteiger partial charge in [0.15, 0.2) is 5.15 Å². The molecule has 1 unspecified atom stereocenters. The number of aliphatic carboxylic acids is 1. The van der Waals surface area contributed by atoms with Gasteiger partial charge in [-0.15, -0.1) is 0 Å². The Labute approximate surface area is 97.5 Å². The molecule has 2 heterocycles. The van der Waals surface area contributed by atoms with E-state index in [2.05, 4.69) is 4.98 Å². The van der Waals surface area contributed by atoms with Crippen LogP contribution in [0.1, 0.15) is 24.8 Å². The Morgan fingerprint density at radius 3 is 3.12 bits per heavy atom. The molecule has 5 heteroatoms. The molecule has 0 aromatic carbocycles. The average molecular weight is 239 g/mol. The third-order valence-electron chi connectivity index (χ3n) is 2.56. The monoisotopic (exact) mass is 238 g/mol. The lowest BCUT2D eigenvalue weighted by Gasteiger charge is -2.10. The van der Waals surface area contributed by atoms with Gasteiger partial charge in [0.2, 0.25) is 0 Å². The van der Waals surface area contributed by atoms with Crippen LogP contribution in [-0.2, 0) is 4.79 Å². The lowest BCUT2D eigenvalue weighted by molar-refractivity contribution is -0.137. The minimum absolute atomic E-state index is 0.0845. The summed E-state index contributed by atoms with van der Waals surface area (Å²) in [6.45, 7) is 1.87. The molecule has 0 aliphatic heterocycles. The Hall–Kier alpha value is -1.55. The molecule has 0 radical (unpaired) electrons. The second-order valence-electron chi connectivity index (χ2n) is 3.75. The van der Waals surface area contributed by atoms with Crippen molar-refractivity contribution in [1.82, 2.24) is 9.38 Å². The van der Waals surface area contributed by atoms with Crippen LogP contribution in [0.4, 0.5) is 0 Å². The van der Waals surface area contributed by atoms with Gasteiger partial charge in [-0.2, -0.15) is 0 Å². The van der Waals surface area contributed by atoms with E-state index in [1.54, 1.807) is 10.7 Å². The number of nitrogens with zero attached hydrogens (tertiary/aromatic N) is 2. The van der Waals surface area contributed by atoms with Crippen molar-refractivity contribution in [1.29, 1.82) is 0 Å². The second kappa shape index (κ2) is 4.14. The highest BCUT2D eigenvalue weighted by Crippen LogP contribution is 2.27. The number of halogens is 1. The molecule has 0 amide bonds. The number of imidazole rings is 1. The van der Waals surface area contributed by atoms with E-state index in [9.17, 15) is 4.79 Å². The van der Waals surface area contributed by atoms with E-state index in [1.165, 1.54) is 0 Å². The van der Waals surface area contributed by atoms with Crippen LogP contribution in [-0.4, -0.2) is 20.5 Å². The van der Waals surface area contributed by atoms with Crippen molar-refractivity contribution in [2.45, 2.75) is 19.3 Å². The van der Waals surface area contributed by atoms with Gasteiger partial charge in [0.05, 0.1) is 11.9 Å². The molecule has 0 saturated heterocycles. The summed E-state index contributed by atoms with van der Waals surface area (Å²) in [5, 5.41) is 9.19. The molecule has 16 heavy (non-hydrogen) atoms. The van der Waals surface area contributed by atoms with Crippen LogP contribution in [0, 0.1) is 0 Å². The van der Waals surface area contributed by atoms with Crippen molar-refractivity contribution in [3.63, 3.8) is 0 Å². The third-order valence-corrected chi connectivity index (χ3v) is 2.83. The molecule has 84 valence electrons. The van der Waals surface area contributed by atoms with Gasteiger partial charge < -0.3 is 9.51 Å². The van der Waals surface area contributed by atoms with Gasteiger partial charge in [0.1, 0.15) is 6.33 Å². The minimum atomic E-state index is -0.815. The Morgan fingerprint density at radius 2 is 2.44 bits per heavy atom. The first-order valence-electron chi connectivity index (χ1n) is 4.92. The molecule has 0 bridgehead atoms. The van der Waals surface area contributed by atoms with Crippen molar-refractivity contribution in [3.05, 3.63) is 35.4 Å². The van der Waals surface area contributed by atoms with Gasteiger partial charge in [0, 0.05) is 6.20 Å². The van der Waals surface area contributed by atoms with Crippen LogP contribution < -0.4 is 0 Å². The first kappa shape index (κ1) is 11.0. The maximum Gasteiger partial charge on any atom is 0.303 e. The Bertz CT molecular complexity index is 536. The highest BCUT2D eigenvalue weighted by atomic mass is 35.5. The predicted molar refractivity (Wildman–Crippen MR) is 60.9 cm³/mol. The zero-order valence-corrected chi connectivity index (χ0v) is 9.48. The highest BCUT2D eigenvalue weighted by Gasteiger charge is 2.15. The molecule has 2 aromatic heterocycles. The number of carbonyl (C=O) groups is 1. The fourth-order valence-electron chi connectivity index (χ4n) is 1.81. The lowest BCUT2D eigenvalue weighted by Crippen LogP contribution is -2.04. The molecular weight excluding hydrogens is 228 g/mol. The van der Waals surface area contributed by atoms with E-state index >= 15 is 0 Å². The van der Waals surface area contributed by atoms with Gasteiger partial charge in [-0.25, -0.2) is 4.98 Å². The van der Waals surface area contributed by atoms with Crippen molar-refractivity contribution < 1.29 is 9.90 Å². The van der Waals surface area contributed by atoms with Gasteiger partial charge >= 0.3 is 5.97 Å². The largest absolute Gasteiger partial charge is 0.481 e. The first-order chi connectivity index (χ1) is 7.59. The summed E-state index contributed by atoms with van der Waals surface area (Å²) < 4.78 is 1.80. The predicted octanol–water partition coefficient (Wildman–Crippen LogP) is 2.57.